The number of ketones is 1. The summed E-state index contributed by atoms with van der Waals surface area (Å²) in [6.45, 7) is 24.3. The lowest BCUT2D eigenvalue weighted by atomic mass is 9.83. The minimum atomic E-state index is -0.935. The summed E-state index contributed by atoms with van der Waals surface area (Å²) in [7, 11) is 2.04. The third kappa shape index (κ3) is 21.8. The Bertz CT molecular complexity index is 1060. The lowest BCUT2D eigenvalue weighted by Gasteiger charge is -2.35. The molecule has 0 aromatic rings. The van der Waals surface area contributed by atoms with Crippen LogP contribution in [0.2, 0.25) is 0 Å². The van der Waals surface area contributed by atoms with Crippen LogP contribution < -0.4 is 21.1 Å². The molecule has 51 heavy (non-hydrogen) atoms. The number of primary amides is 1. The number of nitrogens with one attached hydrogen (secondary N) is 3. The molecule has 1 saturated heterocycles. The fraction of sp³-hybridized carbons (Fsp3) is 0.838. The van der Waals surface area contributed by atoms with Crippen LogP contribution in [0.5, 0.6) is 0 Å². The number of likely N-dealkylation sites (tertiary alicyclic amines) is 1. The smallest absolute Gasteiger partial charge is 0.329 e. The molecule has 1 aliphatic heterocycles. The number of ether oxygens (including phenoxy) is 1. The summed E-state index contributed by atoms with van der Waals surface area (Å²) in [5.74, 6) is -0.418. The number of nitrogens with two attached hydrogens (primary N) is 1. The standard InChI is InChI=1S/C19H34N2O4.C10H19NO.C6H12N2O2S2.C2H6/c1-18(2,3)15(16(23)25-19(4,5)6)21-17(24)20-14(12-22)13-10-8-7-9-11-13;1-8(2)9-4-5-11(3)10(6-9)7-12;1-3(2)12-6(8-11)4(9)5(7)10;1-2/h12-15H,7-11H2,1-6H3,(H2,20,21,24);7-10H,4-6H2,1-3H3;3,6,8,11H,1-2H3,(H2,7,10);1-2H3/t;9-,10?;;/m.0../s1. The Morgan fingerprint density at radius 1 is 0.902 bits per heavy atom. The number of amides is 3. The third-order valence-electron chi connectivity index (χ3n) is 8.46. The van der Waals surface area contributed by atoms with Crippen LogP contribution in [0.15, 0.2) is 0 Å². The average Bonchev–Trinajstić information content (AvgIpc) is 3.05. The number of hydrogen-bond acceptors (Lipinski definition) is 11. The van der Waals surface area contributed by atoms with Crippen LogP contribution in [0.25, 0.3) is 0 Å². The molecular formula is C37H71N5O7S2. The van der Waals surface area contributed by atoms with E-state index in [1.54, 1.807) is 20.8 Å². The summed E-state index contributed by atoms with van der Waals surface area (Å²) < 4.78 is 7.85. The van der Waals surface area contributed by atoms with Gasteiger partial charge in [0.2, 0.25) is 5.78 Å². The van der Waals surface area contributed by atoms with E-state index in [9.17, 15) is 28.8 Å². The van der Waals surface area contributed by atoms with Crippen molar-refractivity contribution in [2.24, 2.45) is 28.9 Å². The van der Waals surface area contributed by atoms with E-state index in [1.165, 1.54) is 24.6 Å². The number of Topliss-reactive ketones (excluding diaryl/α,β-unsaturated/α-hetero) is 1. The first-order valence-corrected chi connectivity index (χ1v) is 19.8. The van der Waals surface area contributed by atoms with Gasteiger partial charge in [0.1, 0.15) is 29.6 Å². The average molecular weight is 762 g/mol. The molecule has 2 rings (SSSR count). The zero-order valence-electron chi connectivity index (χ0n) is 33.7. The van der Waals surface area contributed by atoms with Gasteiger partial charge in [0.15, 0.2) is 0 Å². The van der Waals surface area contributed by atoms with E-state index in [1.807, 2.05) is 55.5 Å². The quantitative estimate of drug-likeness (QED) is 0.0545. The van der Waals surface area contributed by atoms with Gasteiger partial charge in [-0.25, -0.2) is 14.3 Å². The van der Waals surface area contributed by atoms with E-state index < -0.39 is 52.2 Å². The summed E-state index contributed by atoms with van der Waals surface area (Å²) in [5, 5.41) is 5.02. The van der Waals surface area contributed by atoms with Gasteiger partial charge in [0.05, 0.1) is 12.1 Å². The summed E-state index contributed by atoms with van der Waals surface area (Å²) >= 11 is 5.02. The van der Waals surface area contributed by atoms with Crippen molar-refractivity contribution in [3.63, 3.8) is 0 Å². The maximum atomic E-state index is 12.5. The Morgan fingerprint density at radius 2 is 1.45 bits per heavy atom. The molecule has 5 atom stereocenters. The number of aldehydes is 2. The number of carbonyl (C=O) groups is 6. The number of hydrogen-bond donors (Lipinski definition) is 5. The normalized spacial score (nSPS) is 20.0. The molecule has 1 aliphatic carbocycles. The lowest BCUT2D eigenvalue weighted by Crippen LogP contribution is -2.56. The Morgan fingerprint density at radius 3 is 1.84 bits per heavy atom. The van der Waals surface area contributed by atoms with Crippen molar-refractivity contribution in [2.75, 3.05) is 13.6 Å². The molecule has 0 aromatic carbocycles. The van der Waals surface area contributed by atoms with Crippen molar-refractivity contribution in [2.45, 2.75) is 162 Å². The van der Waals surface area contributed by atoms with Gasteiger partial charge in [0, 0.05) is 5.25 Å². The van der Waals surface area contributed by atoms with Gasteiger partial charge in [-0.05, 0) is 83.2 Å². The largest absolute Gasteiger partial charge is 0.458 e. The highest BCUT2D eigenvalue weighted by molar-refractivity contribution is 8.01. The molecular weight excluding hydrogens is 691 g/mol. The minimum absolute atomic E-state index is 0.172. The van der Waals surface area contributed by atoms with Crippen LogP contribution in [0.3, 0.4) is 0 Å². The second-order valence-electron chi connectivity index (χ2n) is 15.6. The van der Waals surface area contributed by atoms with Gasteiger partial charge >= 0.3 is 12.0 Å². The molecule has 12 nitrogen and oxygen atoms in total. The second kappa shape index (κ2) is 25.8. The Kier molecular flexibility index (Phi) is 25.7. The van der Waals surface area contributed by atoms with Crippen LogP contribution in [-0.4, -0.2) is 89.1 Å². The number of esters is 1. The van der Waals surface area contributed by atoms with Crippen LogP contribution in [0.1, 0.15) is 128 Å². The van der Waals surface area contributed by atoms with Crippen LogP contribution >= 0.6 is 24.6 Å². The molecule has 2 aliphatic rings. The van der Waals surface area contributed by atoms with E-state index in [0.717, 1.165) is 63.1 Å². The van der Waals surface area contributed by atoms with Crippen LogP contribution in [-0.2, 0) is 28.7 Å². The molecule has 0 radical (unpaired) electrons. The van der Waals surface area contributed by atoms with E-state index in [4.69, 9.17) is 10.5 Å². The van der Waals surface area contributed by atoms with Crippen LogP contribution in [0, 0.1) is 23.2 Å². The zero-order valence-corrected chi connectivity index (χ0v) is 35.4. The highest BCUT2D eigenvalue weighted by Gasteiger charge is 2.37. The van der Waals surface area contributed by atoms with Crippen molar-refractivity contribution in [1.29, 1.82) is 0 Å². The first-order chi connectivity index (χ1) is 23.6. The summed E-state index contributed by atoms with van der Waals surface area (Å²) in [4.78, 5) is 70.6. The maximum Gasteiger partial charge on any atom is 0.329 e. The van der Waals surface area contributed by atoms with Gasteiger partial charge in [-0.15, -0.1) is 11.8 Å². The van der Waals surface area contributed by atoms with E-state index >= 15 is 0 Å². The number of nitrogens with zero attached hydrogens (tertiary/aromatic N) is 1. The monoisotopic (exact) mass is 761 g/mol. The van der Waals surface area contributed by atoms with Crippen molar-refractivity contribution in [3.05, 3.63) is 0 Å². The molecule has 2 fully saturated rings. The third-order valence-corrected chi connectivity index (χ3v) is 10.0. The van der Waals surface area contributed by atoms with Crippen molar-refractivity contribution in [1.82, 2.24) is 20.3 Å². The number of carbonyl (C=O) groups excluding carboxylic acids is 6. The highest BCUT2D eigenvalue weighted by Crippen LogP contribution is 2.28. The molecule has 0 bridgehead atoms. The van der Waals surface area contributed by atoms with Crippen molar-refractivity contribution < 1.29 is 33.5 Å². The fourth-order valence-electron chi connectivity index (χ4n) is 5.53. The first-order valence-electron chi connectivity index (χ1n) is 18.4. The topological polar surface area (TPSA) is 177 Å². The minimum Gasteiger partial charge on any atom is -0.458 e. The molecule has 1 heterocycles. The van der Waals surface area contributed by atoms with Gasteiger partial charge in [-0.3, -0.25) is 14.5 Å². The summed E-state index contributed by atoms with van der Waals surface area (Å²) in [6.07, 6.45) is 9.43. The highest BCUT2D eigenvalue weighted by atomic mass is 32.2. The fourth-order valence-corrected chi connectivity index (χ4v) is 6.68. The molecule has 3 amide bonds. The molecule has 0 spiro atoms. The number of likely N-dealkylation sites (N-methyl/N-ethyl adjacent to an activating group) is 1. The van der Waals surface area contributed by atoms with Crippen molar-refractivity contribution in [3.8, 4) is 0 Å². The Labute approximate surface area is 318 Å². The number of thiol groups is 1. The van der Waals surface area contributed by atoms with Crippen molar-refractivity contribution >= 4 is 60.8 Å². The summed E-state index contributed by atoms with van der Waals surface area (Å²) in [5.41, 5.74) is 3.67. The van der Waals surface area contributed by atoms with E-state index in [0.29, 0.717) is 0 Å². The lowest BCUT2D eigenvalue weighted by molar-refractivity contribution is -0.160. The molecule has 5 N–H and O–H groups in total. The van der Waals surface area contributed by atoms with E-state index in [-0.39, 0.29) is 17.2 Å². The second-order valence-corrected chi connectivity index (χ2v) is 17.6. The van der Waals surface area contributed by atoms with Gasteiger partial charge in [-0.2, -0.15) is 0 Å². The zero-order chi connectivity index (χ0) is 40.1. The molecule has 298 valence electrons. The molecule has 14 heteroatoms. The SMILES string of the molecule is CC.CC(C)(C)OC(=O)C(NC(=O)NC(C=O)C1CCCCC1)C(C)(C)C.CC(C)SC(NS)C(=O)C(N)=O.CC(C)[C@H]1CCN(C)C(C=O)C1. The first kappa shape index (κ1) is 50.9. The molecule has 4 unspecified atom stereocenters. The maximum absolute atomic E-state index is 12.5. The number of rotatable bonds is 12. The summed E-state index contributed by atoms with van der Waals surface area (Å²) in [6, 6.07) is -1.65. The Hall–Kier alpha value is -2.16. The number of urea groups is 1. The Balaban J connectivity index is 0. The molecule has 1 saturated carbocycles. The van der Waals surface area contributed by atoms with Gasteiger partial charge < -0.3 is 30.7 Å². The van der Waals surface area contributed by atoms with E-state index in [2.05, 4.69) is 46.9 Å². The predicted octanol–water partition coefficient (Wildman–Crippen LogP) is 5.71. The van der Waals surface area contributed by atoms with Crippen LogP contribution in [0.4, 0.5) is 4.79 Å². The number of piperidine rings is 1. The van der Waals surface area contributed by atoms with Gasteiger partial charge in [0.25, 0.3) is 5.91 Å². The van der Waals surface area contributed by atoms with Gasteiger partial charge in [-0.1, -0.05) is 94.4 Å². The molecule has 0 aromatic heterocycles. The number of thioether (sulfide) groups is 1. The predicted molar refractivity (Wildman–Crippen MR) is 211 cm³/mol.